The summed E-state index contributed by atoms with van der Waals surface area (Å²) in [6.07, 6.45) is 0. The number of carbonyl (C=O) groups is 2. The van der Waals surface area contributed by atoms with Crippen LogP contribution in [0.15, 0.2) is 54.6 Å². The first-order valence-electron chi connectivity index (χ1n) is 7.45. The first kappa shape index (κ1) is 14.4. The lowest BCUT2D eigenvalue weighted by Crippen LogP contribution is -2.40. The van der Waals surface area contributed by atoms with Gasteiger partial charge >= 0.3 is 0 Å². The summed E-state index contributed by atoms with van der Waals surface area (Å²) in [7, 11) is 0. The van der Waals surface area contributed by atoms with Crippen LogP contribution in [0.1, 0.15) is 26.3 Å². The lowest BCUT2D eigenvalue weighted by atomic mass is 9.93. The predicted octanol–water partition coefficient (Wildman–Crippen LogP) is 2.84. The molecule has 3 aromatic carbocycles. The zero-order valence-electron chi connectivity index (χ0n) is 12.6. The van der Waals surface area contributed by atoms with Gasteiger partial charge in [-0.2, -0.15) is 0 Å². The van der Waals surface area contributed by atoms with Crippen molar-refractivity contribution in [2.45, 2.75) is 6.61 Å². The van der Waals surface area contributed by atoms with E-state index in [0.717, 1.165) is 10.3 Å². The lowest BCUT2D eigenvalue weighted by Gasteiger charge is -2.27. The fraction of sp³-hybridized carbons (Fsp3) is 0.0526. The molecule has 0 aliphatic carbocycles. The number of nitrogens with zero attached hydrogens (tertiary/aromatic N) is 1. The Morgan fingerprint density at radius 3 is 2.08 bits per heavy atom. The van der Waals surface area contributed by atoms with Crippen molar-refractivity contribution in [3.63, 3.8) is 0 Å². The van der Waals surface area contributed by atoms with Crippen LogP contribution in [-0.2, 0) is 6.61 Å². The molecule has 0 bridgehead atoms. The monoisotopic (exact) mass is 319 g/mol. The van der Waals surface area contributed by atoms with Crippen molar-refractivity contribution in [3.05, 3.63) is 71.3 Å². The Hall–Kier alpha value is -3.18. The number of aliphatic hydroxyl groups excluding tert-OH is 1. The quantitative estimate of drug-likeness (QED) is 0.712. The van der Waals surface area contributed by atoms with Crippen LogP contribution in [-0.4, -0.2) is 22.0 Å². The molecule has 1 aliphatic heterocycles. The molecule has 24 heavy (non-hydrogen) atoms. The fourth-order valence-electron chi connectivity index (χ4n) is 3.10. The minimum Gasteiger partial charge on any atom is -0.508 e. The molecule has 0 unspecified atom stereocenters. The average molecular weight is 319 g/mol. The number of phenols is 1. The number of imide groups is 1. The summed E-state index contributed by atoms with van der Waals surface area (Å²) in [4.78, 5) is 26.8. The third-order valence-electron chi connectivity index (χ3n) is 4.26. The predicted molar refractivity (Wildman–Crippen MR) is 89.1 cm³/mol. The number of hydrogen-bond acceptors (Lipinski definition) is 4. The molecule has 4 rings (SSSR count). The molecule has 0 atom stereocenters. The molecule has 5 heteroatoms. The van der Waals surface area contributed by atoms with Gasteiger partial charge in [0.1, 0.15) is 5.75 Å². The van der Waals surface area contributed by atoms with Crippen LogP contribution in [0.2, 0.25) is 0 Å². The molecule has 0 saturated heterocycles. The Bertz CT molecular complexity index is 959. The van der Waals surface area contributed by atoms with E-state index in [-0.39, 0.29) is 17.9 Å². The van der Waals surface area contributed by atoms with Gasteiger partial charge in [-0.1, -0.05) is 24.3 Å². The Morgan fingerprint density at radius 2 is 1.50 bits per heavy atom. The van der Waals surface area contributed by atoms with Gasteiger partial charge < -0.3 is 10.2 Å². The number of anilines is 1. The van der Waals surface area contributed by atoms with Gasteiger partial charge in [0.25, 0.3) is 11.8 Å². The molecule has 0 fully saturated rings. The molecule has 5 nitrogen and oxygen atoms in total. The van der Waals surface area contributed by atoms with Gasteiger partial charge in [0.05, 0.1) is 12.3 Å². The van der Waals surface area contributed by atoms with Gasteiger partial charge in [-0.15, -0.1) is 0 Å². The van der Waals surface area contributed by atoms with Crippen molar-refractivity contribution in [1.82, 2.24) is 0 Å². The third kappa shape index (κ3) is 1.92. The highest BCUT2D eigenvalue weighted by Gasteiger charge is 2.33. The van der Waals surface area contributed by atoms with Crippen LogP contribution >= 0.6 is 0 Å². The Kier molecular flexibility index (Phi) is 3.11. The van der Waals surface area contributed by atoms with Crippen LogP contribution in [0.5, 0.6) is 5.75 Å². The van der Waals surface area contributed by atoms with E-state index >= 15 is 0 Å². The number of hydrogen-bond donors (Lipinski definition) is 2. The number of aromatic hydroxyl groups is 1. The molecule has 0 saturated carbocycles. The van der Waals surface area contributed by atoms with Gasteiger partial charge in [-0.05, 0) is 35.7 Å². The van der Waals surface area contributed by atoms with Crippen LogP contribution in [0.3, 0.4) is 0 Å². The maximum Gasteiger partial charge on any atom is 0.265 e. The van der Waals surface area contributed by atoms with E-state index in [1.54, 1.807) is 24.3 Å². The number of aliphatic hydroxyl groups is 1. The molecule has 0 aromatic heterocycles. The van der Waals surface area contributed by atoms with Crippen molar-refractivity contribution in [3.8, 4) is 5.75 Å². The largest absolute Gasteiger partial charge is 0.508 e. The highest BCUT2D eigenvalue weighted by atomic mass is 16.3. The number of carbonyl (C=O) groups excluding carboxylic acids is 2. The first-order chi connectivity index (χ1) is 11.6. The highest BCUT2D eigenvalue weighted by Crippen LogP contribution is 2.34. The Labute approximate surface area is 137 Å². The summed E-state index contributed by atoms with van der Waals surface area (Å²) in [5, 5.41) is 20.5. The van der Waals surface area contributed by atoms with E-state index in [2.05, 4.69) is 0 Å². The number of benzene rings is 3. The molecule has 1 aliphatic rings. The Balaban J connectivity index is 1.94. The zero-order chi connectivity index (χ0) is 16.8. The minimum atomic E-state index is -0.418. The molecule has 1 heterocycles. The van der Waals surface area contributed by atoms with E-state index in [1.165, 1.54) is 18.2 Å². The molecule has 118 valence electrons. The van der Waals surface area contributed by atoms with Gasteiger partial charge in [0.15, 0.2) is 0 Å². The smallest absolute Gasteiger partial charge is 0.265 e. The van der Waals surface area contributed by atoms with Crippen molar-refractivity contribution in [1.29, 1.82) is 0 Å². The van der Waals surface area contributed by atoms with Crippen LogP contribution in [0, 0.1) is 0 Å². The van der Waals surface area contributed by atoms with E-state index in [0.29, 0.717) is 22.2 Å². The van der Waals surface area contributed by atoms with Gasteiger partial charge in [0.2, 0.25) is 0 Å². The van der Waals surface area contributed by atoms with Crippen molar-refractivity contribution < 1.29 is 19.8 Å². The highest BCUT2D eigenvalue weighted by molar-refractivity contribution is 6.35. The van der Waals surface area contributed by atoms with Crippen molar-refractivity contribution >= 4 is 28.3 Å². The zero-order valence-corrected chi connectivity index (χ0v) is 12.6. The van der Waals surface area contributed by atoms with Crippen molar-refractivity contribution in [2.24, 2.45) is 0 Å². The molecule has 0 spiro atoms. The SMILES string of the molecule is O=C1c2cccc3cccc(c23)C(=O)N1c1ccc(O)c(CO)c1. The minimum absolute atomic E-state index is 0.0827. The molecule has 2 N–H and O–H groups in total. The second-order valence-corrected chi connectivity index (χ2v) is 5.63. The molecular formula is C19H13NO4. The Morgan fingerprint density at radius 1 is 0.875 bits per heavy atom. The van der Waals surface area contributed by atoms with E-state index in [4.69, 9.17) is 0 Å². The van der Waals surface area contributed by atoms with Crippen LogP contribution in [0.4, 0.5) is 5.69 Å². The maximum absolute atomic E-state index is 12.9. The van der Waals surface area contributed by atoms with Crippen LogP contribution in [0.25, 0.3) is 10.8 Å². The summed E-state index contributed by atoms with van der Waals surface area (Å²) in [5.74, 6) is -0.918. The van der Waals surface area contributed by atoms with Crippen LogP contribution < -0.4 is 4.90 Å². The van der Waals surface area contributed by atoms with E-state index in [9.17, 15) is 19.8 Å². The summed E-state index contributed by atoms with van der Waals surface area (Å²) < 4.78 is 0. The molecular weight excluding hydrogens is 306 g/mol. The normalized spacial score (nSPS) is 13.6. The summed E-state index contributed by atoms with van der Waals surface area (Å²) in [6.45, 7) is -0.387. The maximum atomic E-state index is 12.9. The summed E-state index contributed by atoms with van der Waals surface area (Å²) >= 11 is 0. The summed E-state index contributed by atoms with van der Waals surface area (Å²) in [5.41, 5.74) is 1.49. The second kappa shape index (κ2) is 5.18. The first-order valence-corrected chi connectivity index (χ1v) is 7.45. The van der Waals surface area contributed by atoms with E-state index < -0.39 is 11.8 Å². The van der Waals surface area contributed by atoms with Gasteiger partial charge in [0, 0.05) is 22.1 Å². The average Bonchev–Trinajstić information content (AvgIpc) is 2.61. The standard InChI is InChI=1S/C19H13NO4/c21-10-12-9-13(7-8-16(12)22)20-18(23)14-5-1-3-11-4-2-6-15(17(11)14)19(20)24/h1-9,21-22H,10H2. The molecule has 3 aromatic rings. The fourth-order valence-corrected chi connectivity index (χ4v) is 3.10. The van der Waals surface area contributed by atoms with E-state index in [1.807, 2.05) is 12.1 Å². The number of rotatable bonds is 2. The lowest BCUT2D eigenvalue weighted by molar-refractivity contribution is 0.0893. The van der Waals surface area contributed by atoms with Crippen molar-refractivity contribution in [2.75, 3.05) is 4.90 Å². The second-order valence-electron chi connectivity index (χ2n) is 5.63. The summed E-state index contributed by atoms with van der Waals surface area (Å²) in [6, 6.07) is 15.0. The van der Waals surface area contributed by atoms with Gasteiger partial charge in [-0.25, -0.2) is 4.90 Å². The topological polar surface area (TPSA) is 77.8 Å². The third-order valence-corrected chi connectivity index (χ3v) is 4.26. The molecule has 2 amide bonds. The number of amides is 2. The molecule has 0 radical (unpaired) electrons. The van der Waals surface area contributed by atoms with Gasteiger partial charge in [-0.3, -0.25) is 9.59 Å².